The van der Waals surface area contributed by atoms with Crippen molar-refractivity contribution in [2.24, 2.45) is 0 Å². The molecule has 5 heteroatoms. The molecule has 100 valence electrons. The van der Waals surface area contributed by atoms with E-state index < -0.39 is 17.9 Å². The Morgan fingerprint density at radius 1 is 1.22 bits per heavy atom. The molecule has 2 atom stereocenters. The van der Waals surface area contributed by atoms with Gasteiger partial charge >= 0.3 is 6.18 Å². The Hall–Kier alpha value is -1.10. The van der Waals surface area contributed by atoms with Crippen LogP contribution in [0.3, 0.4) is 0 Å². The molecular formula is C13H15F4N. The molecule has 0 aliphatic carbocycles. The fraction of sp³-hybridized carbons (Fsp3) is 0.538. The van der Waals surface area contributed by atoms with E-state index in [0.717, 1.165) is 31.5 Å². The second kappa shape index (κ2) is 5.26. The SMILES string of the molecule is FC(CC1CCCN1)c1ccc(C(F)(F)F)cc1. The quantitative estimate of drug-likeness (QED) is 0.815. The molecule has 18 heavy (non-hydrogen) atoms. The Kier molecular flexibility index (Phi) is 3.90. The standard InChI is InChI=1S/C13H15F4N/c14-12(8-11-2-1-7-18-11)9-3-5-10(6-4-9)13(15,16)17/h3-6,11-12,18H,1-2,7-8H2. The van der Waals surface area contributed by atoms with Crippen molar-refractivity contribution in [1.29, 1.82) is 0 Å². The summed E-state index contributed by atoms with van der Waals surface area (Å²) in [4.78, 5) is 0. The van der Waals surface area contributed by atoms with E-state index in [2.05, 4.69) is 5.32 Å². The van der Waals surface area contributed by atoms with Crippen molar-refractivity contribution in [1.82, 2.24) is 5.32 Å². The fourth-order valence-corrected chi connectivity index (χ4v) is 2.22. The van der Waals surface area contributed by atoms with Gasteiger partial charge in [-0.2, -0.15) is 13.2 Å². The van der Waals surface area contributed by atoms with Crippen LogP contribution in [-0.4, -0.2) is 12.6 Å². The van der Waals surface area contributed by atoms with Crippen LogP contribution in [0.2, 0.25) is 0 Å². The lowest BCUT2D eigenvalue weighted by atomic mass is 10.0. The maximum absolute atomic E-state index is 13.9. The summed E-state index contributed by atoms with van der Waals surface area (Å²) in [6.07, 6.45) is -3.28. The van der Waals surface area contributed by atoms with Gasteiger partial charge in [0.25, 0.3) is 0 Å². The third-order valence-corrected chi connectivity index (χ3v) is 3.25. The first-order valence-corrected chi connectivity index (χ1v) is 6.01. The van der Waals surface area contributed by atoms with Gasteiger partial charge in [0, 0.05) is 6.04 Å². The van der Waals surface area contributed by atoms with E-state index in [0.29, 0.717) is 12.0 Å². The van der Waals surface area contributed by atoms with E-state index in [-0.39, 0.29) is 6.04 Å². The molecule has 1 fully saturated rings. The number of rotatable bonds is 3. The predicted molar refractivity (Wildman–Crippen MR) is 60.9 cm³/mol. The van der Waals surface area contributed by atoms with Gasteiger partial charge in [-0.1, -0.05) is 12.1 Å². The highest BCUT2D eigenvalue weighted by Gasteiger charge is 2.30. The molecular weight excluding hydrogens is 246 g/mol. The molecule has 0 bridgehead atoms. The molecule has 1 aromatic rings. The largest absolute Gasteiger partial charge is 0.416 e. The van der Waals surface area contributed by atoms with E-state index >= 15 is 0 Å². The molecule has 0 saturated carbocycles. The molecule has 0 spiro atoms. The summed E-state index contributed by atoms with van der Waals surface area (Å²) in [6.45, 7) is 0.893. The van der Waals surface area contributed by atoms with E-state index in [9.17, 15) is 17.6 Å². The molecule has 1 aliphatic rings. The van der Waals surface area contributed by atoms with Crippen LogP contribution in [0.1, 0.15) is 36.6 Å². The maximum atomic E-state index is 13.9. The van der Waals surface area contributed by atoms with E-state index in [4.69, 9.17) is 0 Å². The van der Waals surface area contributed by atoms with Crippen LogP contribution in [-0.2, 0) is 6.18 Å². The summed E-state index contributed by atoms with van der Waals surface area (Å²) >= 11 is 0. The van der Waals surface area contributed by atoms with E-state index in [1.807, 2.05) is 0 Å². The molecule has 1 heterocycles. The zero-order valence-corrected chi connectivity index (χ0v) is 9.80. The van der Waals surface area contributed by atoms with Gasteiger partial charge in [-0.05, 0) is 43.5 Å². The number of alkyl halides is 4. The number of halogens is 4. The Labute approximate surface area is 103 Å². The Bertz CT molecular complexity index is 379. The molecule has 1 aromatic carbocycles. The molecule has 0 amide bonds. The Morgan fingerprint density at radius 2 is 1.89 bits per heavy atom. The van der Waals surface area contributed by atoms with Crippen molar-refractivity contribution in [2.45, 2.75) is 37.7 Å². The second-order valence-corrected chi connectivity index (χ2v) is 4.62. The van der Waals surface area contributed by atoms with Crippen molar-refractivity contribution in [3.8, 4) is 0 Å². The zero-order valence-electron chi connectivity index (χ0n) is 9.80. The zero-order chi connectivity index (χ0) is 13.2. The molecule has 1 aliphatic heterocycles. The highest BCUT2D eigenvalue weighted by Crippen LogP contribution is 2.31. The van der Waals surface area contributed by atoms with Gasteiger partial charge in [0.05, 0.1) is 5.56 Å². The van der Waals surface area contributed by atoms with Crippen molar-refractivity contribution < 1.29 is 17.6 Å². The summed E-state index contributed by atoms with van der Waals surface area (Å²) < 4.78 is 50.9. The van der Waals surface area contributed by atoms with Crippen molar-refractivity contribution >= 4 is 0 Å². The fourth-order valence-electron chi connectivity index (χ4n) is 2.22. The van der Waals surface area contributed by atoms with Crippen LogP contribution >= 0.6 is 0 Å². The van der Waals surface area contributed by atoms with Crippen molar-refractivity contribution in [2.75, 3.05) is 6.54 Å². The van der Waals surface area contributed by atoms with Crippen LogP contribution in [0.4, 0.5) is 17.6 Å². The average Bonchev–Trinajstić information content (AvgIpc) is 2.81. The predicted octanol–water partition coefficient (Wildman–Crippen LogP) is 3.86. The molecule has 1 N–H and O–H groups in total. The minimum Gasteiger partial charge on any atom is -0.314 e. The molecule has 2 unspecified atom stereocenters. The Balaban J connectivity index is 2.00. The van der Waals surface area contributed by atoms with Crippen LogP contribution in [0.15, 0.2) is 24.3 Å². The van der Waals surface area contributed by atoms with Crippen molar-refractivity contribution in [3.05, 3.63) is 35.4 Å². The van der Waals surface area contributed by atoms with Crippen LogP contribution in [0, 0.1) is 0 Å². The maximum Gasteiger partial charge on any atom is 0.416 e. The lowest BCUT2D eigenvalue weighted by molar-refractivity contribution is -0.137. The molecule has 0 radical (unpaired) electrons. The third-order valence-electron chi connectivity index (χ3n) is 3.25. The molecule has 1 saturated heterocycles. The molecule has 1 nitrogen and oxygen atoms in total. The van der Waals surface area contributed by atoms with Gasteiger partial charge in [0.1, 0.15) is 6.17 Å². The summed E-state index contributed by atoms with van der Waals surface area (Å²) in [6, 6.07) is 4.46. The van der Waals surface area contributed by atoms with Crippen molar-refractivity contribution in [3.63, 3.8) is 0 Å². The first-order chi connectivity index (χ1) is 8.47. The van der Waals surface area contributed by atoms with Gasteiger partial charge in [-0.15, -0.1) is 0 Å². The van der Waals surface area contributed by atoms with E-state index in [1.54, 1.807) is 0 Å². The molecule has 0 aromatic heterocycles. The highest BCUT2D eigenvalue weighted by molar-refractivity contribution is 5.26. The molecule has 2 rings (SSSR count). The van der Waals surface area contributed by atoms with E-state index in [1.165, 1.54) is 12.1 Å². The van der Waals surface area contributed by atoms with Crippen LogP contribution in [0.25, 0.3) is 0 Å². The lowest BCUT2D eigenvalue weighted by Crippen LogP contribution is -2.22. The van der Waals surface area contributed by atoms with Gasteiger partial charge in [-0.25, -0.2) is 4.39 Å². The minimum absolute atomic E-state index is 0.141. The number of nitrogens with one attached hydrogen (secondary N) is 1. The summed E-state index contributed by atoms with van der Waals surface area (Å²) in [5, 5.41) is 3.17. The number of hydrogen-bond donors (Lipinski definition) is 1. The first-order valence-electron chi connectivity index (χ1n) is 6.01. The van der Waals surface area contributed by atoms with Crippen LogP contribution in [0.5, 0.6) is 0 Å². The number of benzene rings is 1. The average molecular weight is 261 g/mol. The third kappa shape index (κ3) is 3.22. The highest BCUT2D eigenvalue weighted by atomic mass is 19.4. The number of hydrogen-bond acceptors (Lipinski definition) is 1. The second-order valence-electron chi connectivity index (χ2n) is 4.62. The van der Waals surface area contributed by atoms with Gasteiger partial charge in [-0.3, -0.25) is 0 Å². The minimum atomic E-state index is -4.36. The normalized spacial score (nSPS) is 22.1. The van der Waals surface area contributed by atoms with Gasteiger partial charge < -0.3 is 5.32 Å². The Morgan fingerprint density at radius 3 is 2.39 bits per heavy atom. The summed E-state index contributed by atoms with van der Waals surface area (Å²) in [5.41, 5.74) is -0.422. The summed E-state index contributed by atoms with van der Waals surface area (Å²) in [5.74, 6) is 0. The first kappa shape index (κ1) is 13.3. The lowest BCUT2D eigenvalue weighted by Gasteiger charge is -2.15. The topological polar surface area (TPSA) is 12.0 Å². The van der Waals surface area contributed by atoms with Gasteiger partial charge in [0.15, 0.2) is 0 Å². The monoisotopic (exact) mass is 261 g/mol. The van der Waals surface area contributed by atoms with Crippen LogP contribution < -0.4 is 5.32 Å². The summed E-state index contributed by atoms with van der Waals surface area (Å²) in [7, 11) is 0. The van der Waals surface area contributed by atoms with Gasteiger partial charge in [0.2, 0.25) is 0 Å². The smallest absolute Gasteiger partial charge is 0.314 e.